The van der Waals surface area contributed by atoms with Gasteiger partial charge in [-0.15, -0.1) is 0 Å². The van der Waals surface area contributed by atoms with Crippen molar-refractivity contribution in [3.05, 3.63) is 51.1 Å². The van der Waals surface area contributed by atoms with E-state index in [1.54, 1.807) is 0 Å². The molecule has 0 fully saturated rings. The molecule has 0 spiro atoms. The minimum absolute atomic E-state index is 0.0741. The second-order valence-electron chi connectivity index (χ2n) is 3.74. The van der Waals surface area contributed by atoms with Crippen molar-refractivity contribution in [3.63, 3.8) is 0 Å². The lowest BCUT2D eigenvalue weighted by molar-refractivity contribution is 0.0697. The number of benzene rings is 1. The summed E-state index contributed by atoms with van der Waals surface area (Å²) in [5.41, 5.74) is -0.593. The SMILES string of the molecule is O=C(O)c1cc(Cl)nc(Nc2c(F)cc(Br)cc2F)c1. The Kier molecular flexibility index (Phi) is 4.20. The first-order valence-corrected chi connectivity index (χ1v) is 6.36. The Morgan fingerprint density at radius 3 is 2.40 bits per heavy atom. The molecule has 4 nitrogen and oxygen atoms in total. The summed E-state index contributed by atoms with van der Waals surface area (Å²) in [6.07, 6.45) is 0. The van der Waals surface area contributed by atoms with Gasteiger partial charge in [-0.05, 0) is 24.3 Å². The molecule has 20 heavy (non-hydrogen) atoms. The van der Waals surface area contributed by atoms with Crippen LogP contribution in [0.4, 0.5) is 20.3 Å². The summed E-state index contributed by atoms with van der Waals surface area (Å²) < 4.78 is 27.5. The van der Waals surface area contributed by atoms with Crippen LogP contribution in [0.25, 0.3) is 0 Å². The number of nitrogens with zero attached hydrogens (tertiary/aromatic N) is 1. The quantitative estimate of drug-likeness (QED) is 0.802. The van der Waals surface area contributed by atoms with Crippen molar-refractivity contribution < 1.29 is 18.7 Å². The van der Waals surface area contributed by atoms with Crippen LogP contribution in [0, 0.1) is 11.6 Å². The zero-order chi connectivity index (χ0) is 14.9. The fourth-order valence-electron chi connectivity index (χ4n) is 1.47. The maximum absolute atomic E-state index is 13.6. The van der Waals surface area contributed by atoms with Crippen LogP contribution in [-0.2, 0) is 0 Å². The summed E-state index contributed by atoms with van der Waals surface area (Å²) in [5.74, 6) is -3.00. The Morgan fingerprint density at radius 1 is 1.25 bits per heavy atom. The highest BCUT2D eigenvalue weighted by Crippen LogP contribution is 2.27. The Bertz CT molecular complexity index is 674. The molecule has 0 bridgehead atoms. The Balaban J connectivity index is 2.42. The molecule has 0 aliphatic heterocycles. The van der Waals surface area contributed by atoms with Crippen LogP contribution in [-0.4, -0.2) is 16.1 Å². The van der Waals surface area contributed by atoms with E-state index in [2.05, 4.69) is 26.2 Å². The van der Waals surface area contributed by atoms with Crippen LogP contribution in [0.1, 0.15) is 10.4 Å². The normalized spacial score (nSPS) is 10.4. The highest BCUT2D eigenvalue weighted by molar-refractivity contribution is 9.10. The summed E-state index contributed by atoms with van der Waals surface area (Å²) in [7, 11) is 0. The summed E-state index contributed by atoms with van der Waals surface area (Å²) in [6, 6.07) is 4.38. The third kappa shape index (κ3) is 3.23. The van der Waals surface area contributed by atoms with E-state index in [-0.39, 0.29) is 21.0 Å². The number of rotatable bonds is 3. The highest BCUT2D eigenvalue weighted by atomic mass is 79.9. The molecule has 0 saturated heterocycles. The van der Waals surface area contributed by atoms with Crippen LogP contribution >= 0.6 is 27.5 Å². The number of hydrogen-bond acceptors (Lipinski definition) is 3. The fourth-order valence-corrected chi connectivity index (χ4v) is 2.08. The third-order valence-corrected chi connectivity index (χ3v) is 2.95. The smallest absolute Gasteiger partial charge is 0.335 e. The molecule has 0 aliphatic rings. The second kappa shape index (κ2) is 5.72. The zero-order valence-corrected chi connectivity index (χ0v) is 12.0. The van der Waals surface area contributed by atoms with E-state index in [0.29, 0.717) is 0 Å². The van der Waals surface area contributed by atoms with Crippen molar-refractivity contribution in [1.29, 1.82) is 0 Å². The molecule has 1 heterocycles. The van der Waals surface area contributed by atoms with Crippen molar-refractivity contribution in [2.45, 2.75) is 0 Å². The molecule has 0 radical (unpaired) electrons. The lowest BCUT2D eigenvalue weighted by Gasteiger charge is -2.09. The van der Waals surface area contributed by atoms with Gasteiger partial charge in [0, 0.05) is 4.47 Å². The van der Waals surface area contributed by atoms with Gasteiger partial charge in [-0.2, -0.15) is 0 Å². The van der Waals surface area contributed by atoms with Crippen molar-refractivity contribution in [2.75, 3.05) is 5.32 Å². The minimum Gasteiger partial charge on any atom is -0.478 e. The average Bonchev–Trinajstić information content (AvgIpc) is 2.33. The molecule has 8 heteroatoms. The Hall–Kier alpha value is -1.73. The van der Waals surface area contributed by atoms with E-state index in [1.807, 2.05) is 0 Å². The van der Waals surface area contributed by atoms with Crippen molar-refractivity contribution in [3.8, 4) is 0 Å². The molecule has 0 unspecified atom stereocenters. The van der Waals surface area contributed by atoms with Crippen LogP contribution in [0.2, 0.25) is 5.15 Å². The first-order valence-electron chi connectivity index (χ1n) is 5.19. The molecule has 1 aromatic heterocycles. The molecule has 2 aromatic rings. The van der Waals surface area contributed by atoms with Crippen LogP contribution < -0.4 is 5.32 Å². The van der Waals surface area contributed by atoms with Crippen LogP contribution in [0.5, 0.6) is 0 Å². The molecule has 2 N–H and O–H groups in total. The van der Waals surface area contributed by atoms with E-state index in [1.165, 1.54) is 0 Å². The number of halogens is 4. The minimum atomic E-state index is -1.23. The third-order valence-electron chi connectivity index (χ3n) is 2.30. The average molecular weight is 364 g/mol. The van der Waals surface area contributed by atoms with Gasteiger partial charge in [0.15, 0.2) is 11.6 Å². The number of aromatic nitrogens is 1. The number of nitrogens with one attached hydrogen (secondary N) is 1. The maximum Gasteiger partial charge on any atom is 0.335 e. The van der Waals surface area contributed by atoms with E-state index in [4.69, 9.17) is 16.7 Å². The summed E-state index contributed by atoms with van der Waals surface area (Å²) in [6.45, 7) is 0. The summed E-state index contributed by atoms with van der Waals surface area (Å²) in [5, 5.41) is 11.1. The van der Waals surface area contributed by atoms with E-state index < -0.39 is 23.3 Å². The number of hydrogen-bond donors (Lipinski definition) is 2. The molecule has 0 aliphatic carbocycles. The number of anilines is 2. The van der Waals surface area contributed by atoms with Crippen LogP contribution in [0.3, 0.4) is 0 Å². The fraction of sp³-hybridized carbons (Fsp3) is 0. The molecular weight excluding hydrogens is 357 g/mol. The molecule has 0 amide bonds. The molecule has 104 valence electrons. The number of carboxylic acid groups (broad SMARTS) is 1. The predicted molar refractivity (Wildman–Crippen MR) is 73.5 cm³/mol. The predicted octanol–water partition coefficient (Wildman–Crippen LogP) is 4.22. The van der Waals surface area contributed by atoms with Crippen molar-refractivity contribution in [1.82, 2.24) is 4.98 Å². The molecular formula is C12H6BrClF2N2O2. The molecule has 0 atom stereocenters. The van der Waals surface area contributed by atoms with E-state index in [0.717, 1.165) is 24.3 Å². The lowest BCUT2D eigenvalue weighted by Crippen LogP contribution is -2.03. The van der Waals surface area contributed by atoms with Gasteiger partial charge in [-0.1, -0.05) is 27.5 Å². The van der Waals surface area contributed by atoms with Crippen LogP contribution in [0.15, 0.2) is 28.7 Å². The van der Waals surface area contributed by atoms with Crippen molar-refractivity contribution >= 4 is 45.0 Å². The number of carboxylic acids is 1. The number of carbonyl (C=O) groups is 1. The lowest BCUT2D eigenvalue weighted by atomic mass is 10.2. The maximum atomic E-state index is 13.6. The standard InChI is InChI=1S/C12H6BrClF2N2O2/c13-6-3-7(15)11(8(16)4-6)18-10-2-5(12(19)20)1-9(14)17-10/h1-4H,(H,17,18)(H,19,20). The summed E-state index contributed by atoms with van der Waals surface area (Å²) in [4.78, 5) is 14.6. The number of pyridine rings is 1. The Labute approximate surface area is 125 Å². The van der Waals surface area contributed by atoms with E-state index >= 15 is 0 Å². The topological polar surface area (TPSA) is 62.2 Å². The van der Waals surface area contributed by atoms with Gasteiger partial charge in [-0.25, -0.2) is 18.6 Å². The second-order valence-corrected chi connectivity index (χ2v) is 5.04. The highest BCUT2D eigenvalue weighted by Gasteiger charge is 2.13. The van der Waals surface area contributed by atoms with Gasteiger partial charge < -0.3 is 10.4 Å². The first-order chi connectivity index (χ1) is 9.36. The largest absolute Gasteiger partial charge is 0.478 e. The molecule has 2 rings (SSSR count). The van der Waals surface area contributed by atoms with E-state index in [9.17, 15) is 13.6 Å². The zero-order valence-electron chi connectivity index (χ0n) is 9.62. The monoisotopic (exact) mass is 362 g/mol. The van der Waals surface area contributed by atoms with Gasteiger partial charge in [0.1, 0.15) is 16.7 Å². The summed E-state index contributed by atoms with van der Waals surface area (Å²) >= 11 is 8.61. The van der Waals surface area contributed by atoms with Gasteiger partial charge in [0.2, 0.25) is 0 Å². The first kappa shape index (κ1) is 14.7. The van der Waals surface area contributed by atoms with Gasteiger partial charge >= 0.3 is 5.97 Å². The molecule has 0 saturated carbocycles. The van der Waals surface area contributed by atoms with Gasteiger partial charge in [-0.3, -0.25) is 0 Å². The Morgan fingerprint density at radius 2 is 1.85 bits per heavy atom. The van der Waals surface area contributed by atoms with Gasteiger partial charge in [0.05, 0.1) is 5.56 Å². The number of aromatic carboxylic acids is 1. The van der Waals surface area contributed by atoms with Crippen molar-refractivity contribution in [2.24, 2.45) is 0 Å². The van der Waals surface area contributed by atoms with Gasteiger partial charge in [0.25, 0.3) is 0 Å². The molecule has 1 aromatic carbocycles.